The Balaban J connectivity index is 0.00000231. The van der Waals surface area contributed by atoms with Crippen LogP contribution in [0.1, 0.15) is 15.9 Å². The zero-order chi connectivity index (χ0) is 20.5. The third-order valence-corrected chi connectivity index (χ3v) is 5.21. The zero-order valence-electron chi connectivity index (χ0n) is 16.5. The molecule has 5 rings (SSSR count). The van der Waals surface area contributed by atoms with Crippen LogP contribution in [0.2, 0.25) is 0 Å². The first-order valence-corrected chi connectivity index (χ1v) is 9.67. The van der Waals surface area contributed by atoms with Crippen molar-refractivity contribution >= 4 is 29.8 Å². The number of carbonyl (C=O) groups is 1. The molecular formula is C24H19ClN4O2. The number of rotatable bonds is 4. The van der Waals surface area contributed by atoms with Gasteiger partial charge in [-0.05, 0) is 23.8 Å². The summed E-state index contributed by atoms with van der Waals surface area (Å²) in [6.07, 6.45) is 3.33. The number of Topliss-reactive ketones (excluding diaryl/α,β-unsaturated/α-hetero) is 1. The monoisotopic (exact) mass is 430 g/mol. The highest BCUT2D eigenvalue weighted by Crippen LogP contribution is 2.33. The first-order valence-electron chi connectivity index (χ1n) is 9.67. The van der Waals surface area contributed by atoms with Gasteiger partial charge in [-0.3, -0.25) is 19.1 Å². The highest BCUT2D eigenvalue weighted by molar-refractivity contribution is 6.00. The van der Waals surface area contributed by atoms with E-state index in [1.807, 2.05) is 59.5 Å². The fraction of sp³-hybridized carbons (Fsp3) is 0.0833. The van der Waals surface area contributed by atoms with Crippen LogP contribution in [-0.4, -0.2) is 26.9 Å². The Morgan fingerprint density at radius 1 is 0.935 bits per heavy atom. The average Bonchev–Trinajstić information content (AvgIpc) is 2.80. The van der Waals surface area contributed by atoms with Gasteiger partial charge in [0.25, 0.3) is 5.56 Å². The van der Waals surface area contributed by atoms with Crippen LogP contribution in [0.15, 0.2) is 90.0 Å². The molecular weight excluding hydrogens is 412 g/mol. The Labute approximate surface area is 185 Å². The molecule has 154 valence electrons. The van der Waals surface area contributed by atoms with Crippen LogP contribution in [-0.2, 0) is 6.54 Å². The van der Waals surface area contributed by atoms with E-state index in [0.717, 1.165) is 16.8 Å². The second-order valence-corrected chi connectivity index (χ2v) is 7.11. The van der Waals surface area contributed by atoms with Crippen molar-refractivity contribution in [2.45, 2.75) is 6.54 Å². The largest absolute Gasteiger partial charge is 0.304 e. The summed E-state index contributed by atoms with van der Waals surface area (Å²) in [5, 5.41) is 0. The minimum absolute atomic E-state index is 0. The highest BCUT2D eigenvalue weighted by atomic mass is 35.5. The highest BCUT2D eigenvalue weighted by Gasteiger charge is 2.27. The molecule has 6 nitrogen and oxygen atoms in total. The fourth-order valence-corrected chi connectivity index (χ4v) is 3.72. The predicted molar refractivity (Wildman–Crippen MR) is 122 cm³/mol. The number of para-hydroxylation sites is 1. The van der Waals surface area contributed by atoms with Crippen molar-refractivity contribution in [3.8, 4) is 11.3 Å². The lowest BCUT2D eigenvalue weighted by molar-refractivity contribution is 0.100. The fourth-order valence-electron chi connectivity index (χ4n) is 3.72. The van der Waals surface area contributed by atoms with Gasteiger partial charge in [0.2, 0.25) is 5.95 Å². The lowest BCUT2D eigenvalue weighted by Gasteiger charge is -2.32. The van der Waals surface area contributed by atoms with Crippen LogP contribution in [0.25, 0.3) is 11.3 Å². The lowest BCUT2D eigenvalue weighted by Crippen LogP contribution is -2.37. The first kappa shape index (κ1) is 20.5. The number of hydrogen-bond acceptors (Lipinski definition) is 5. The van der Waals surface area contributed by atoms with Gasteiger partial charge in [-0.2, -0.15) is 0 Å². The quantitative estimate of drug-likeness (QED) is 0.456. The molecule has 0 amide bonds. The van der Waals surface area contributed by atoms with Gasteiger partial charge in [0.1, 0.15) is 0 Å². The maximum Gasteiger partial charge on any atom is 0.255 e. The molecule has 2 aromatic carbocycles. The van der Waals surface area contributed by atoms with Crippen LogP contribution < -0.4 is 10.5 Å². The molecule has 0 saturated carbocycles. The smallest absolute Gasteiger partial charge is 0.255 e. The van der Waals surface area contributed by atoms with Gasteiger partial charge < -0.3 is 4.90 Å². The number of aromatic nitrogens is 3. The number of halogens is 1. The van der Waals surface area contributed by atoms with Gasteiger partial charge in [-0.15, -0.1) is 12.4 Å². The molecule has 1 aliphatic heterocycles. The molecule has 7 heteroatoms. The van der Waals surface area contributed by atoms with Gasteiger partial charge in [-0.25, -0.2) is 4.98 Å². The molecule has 0 spiro atoms. The van der Waals surface area contributed by atoms with Crippen LogP contribution in [0.5, 0.6) is 0 Å². The van der Waals surface area contributed by atoms with Gasteiger partial charge in [0.15, 0.2) is 5.78 Å². The number of hydrogen-bond donors (Lipinski definition) is 0. The van der Waals surface area contributed by atoms with Crippen molar-refractivity contribution < 1.29 is 4.79 Å². The second kappa shape index (κ2) is 8.53. The van der Waals surface area contributed by atoms with E-state index in [1.165, 1.54) is 6.07 Å². The van der Waals surface area contributed by atoms with Crippen LogP contribution in [0.4, 0.5) is 11.6 Å². The van der Waals surface area contributed by atoms with Crippen molar-refractivity contribution in [2.75, 3.05) is 11.4 Å². The lowest BCUT2D eigenvalue weighted by atomic mass is 10.1. The number of ketones is 1. The molecule has 1 aliphatic rings. The van der Waals surface area contributed by atoms with E-state index in [4.69, 9.17) is 4.98 Å². The molecule has 0 aliphatic carbocycles. The number of pyridine rings is 1. The molecule has 31 heavy (non-hydrogen) atoms. The van der Waals surface area contributed by atoms with Crippen LogP contribution in [0, 0.1) is 0 Å². The molecule has 4 aromatic rings. The summed E-state index contributed by atoms with van der Waals surface area (Å²) >= 11 is 0. The summed E-state index contributed by atoms with van der Waals surface area (Å²) < 4.78 is 1.62. The average molecular weight is 431 g/mol. The summed E-state index contributed by atoms with van der Waals surface area (Å²) in [6, 6.07) is 22.1. The van der Waals surface area contributed by atoms with Crippen molar-refractivity contribution in [1.82, 2.24) is 14.5 Å². The molecule has 0 atom stereocenters. The number of benzene rings is 2. The van der Waals surface area contributed by atoms with Crippen molar-refractivity contribution in [3.05, 3.63) is 107 Å². The van der Waals surface area contributed by atoms with E-state index in [2.05, 4.69) is 4.98 Å². The Kier molecular flexibility index (Phi) is 5.64. The van der Waals surface area contributed by atoms with Crippen LogP contribution >= 0.6 is 12.4 Å². The summed E-state index contributed by atoms with van der Waals surface area (Å²) in [6.45, 7) is 0.511. The molecule has 0 N–H and O–H groups in total. The van der Waals surface area contributed by atoms with Gasteiger partial charge in [0, 0.05) is 35.3 Å². The third-order valence-electron chi connectivity index (χ3n) is 5.21. The molecule has 3 heterocycles. The Morgan fingerprint density at radius 2 is 1.65 bits per heavy atom. The third kappa shape index (κ3) is 3.85. The van der Waals surface area contributed by atoms with Crippen LogP contribution in [0.3, 0.4) is 0 Å². The standard InChI is InChI=1S/C24H18N4O2.ClH/c29-22(18-6-2-1-3-7-18)16-27-21-9-5-4-8-19(21)15-28-23(30)14-20(26-24(27)28)17-10-12-25-13-11-17;/h1-14H,15-16H2;1H. The molecule has 2 aromatic heterocycles. The zero-order valence-corrected chi connectivity index (χ0v) is 17.3. The Morgan fingerprint density at radius 3 is 2.42 bits per heavy atom. The molecule has 0 fully saturated rings. The maximum atomic E-state index is 13.0. The molecule has 0 unspecified atom stereocenters. The van der Waals surface area contributed by atoms with E-state index in [0.29, 0.717) is 23.8 Å². The Bertz CT molecular complexity index is 1290. The molecule has 0 saturated heterocycles. The number of fused-ring (bicyclic) bond motifs is 2. The summed E-state index contributed by atoms with van der Waals surface area (Å²) in [7, 11) is 0. The topological polar surface area (TPSA) is 68.1 Å². The predicted octanol–water partition coefficient (Wildman–Crippen LogP) is 4.11. The minimum Gasteiger partial charge on any atom is -0.304 e. The first-order chi connectivity index (χ1) is 14.7. The normalized spacial score (nSPS) is 11.8. The Hall–Kier alpha value is -3.77. The van der Waals surface area contributed by atoms with E-state index in [1.54, 1.807) is 29.1 Å². The van der Waals surface area contributed by atoms with E-state index in [9.17, 15) is 9.59 Å². The molecule has 0 bridgehead atoms. The van der Waals surface area contributed by atoms with Gasteiger partial charge in [0.05, 0.1) is 18.8 Å². The number of anilines is 2. The SMILES string of the molecule is Cl.O=C(CN1c2ccccc2Cn2c1nc(-c1ccncc1)cc2=O)c1ccccc1. The van der Waals surface area contributed by atoms with Gasteiger partial charge in [-0.1, -0.05) is 48.5 Å². The van der Waals surface area contributed by atoms with E-state index >= 15 is 0 Å². The van der Waals surface area contributed by atoms with Crippen molar-refractivity contribution in [1.29, 1.82) is 0 Å². The minimum atomic E-state index is -0.154. The van der Waals surface area contributed by atoms with E-state index < -0.39 is 0 Å². The second-order valence-electron chi connectivity index (χ2n) is 7.11. The number of carbonyl (C=O) groups excluding carboxylic acids is 1. The van der Waals surface area contributed by atoms with Crippen molar-refractivity contribution in [2.24, 2.45) is 0 Å². The number of nitrogens with zero attached hydrogens (tertiary/aromatic N) is 4. The molecule has 0 radical (unpaired) electrons. The summed E-state index contributed by atoms with van der Waals surface area (Å²) in [4.78, 5) is 36.6. The maximum absolute atomic E-state index is 13.0. The van der Waals surface area contributed by atoms with Gasteiger partial charge >= 0.3 is 0 Å². The van der Waals surface area contributed by atoms with Crippen molar-refractivity contribution in [3.63, 3.8) is 0 Å². The summed E-state index contributed by atoms with van der Waals surface area (Å²) in [5.74, 6) is 0.430. The van der Waals surface area contributed by atoms with E-state index in [-0.39, 0.29) is 30.3 Å². The summed E-state index contributed by atoms with van der Waals surface area (Å²) in [5.41, 5.74) is 3.70.